The highest BCUT2D eigenvalue weighted by Crippen LogP contribution is 2.27. The molecule has 0 spiro atoms. The fraction of sp³-hybridized carbons (Fsp3) is 0.160. The minimum absolute atomic E-state index is 0.195. The first-order chi connectivity index (χ1) is 16.0. The lowest BCUT2D eigenvalue weighted by atomic mass is 10.2. The van der Waals surface area contributed by atoms with E-state index in [1.165, 1.54) is 4.90 Å². The molecule has 0 unspecified atom stereocenters. The van der Waals surface area contributed by atoms with Crippen LogP contribution in [-0.4, -0.2) is 35.0 Å². The Morgan fingerprint density at radius 3 is 2.58 bits per heavy atom. The Kier molecular flexibility index (Phi) is 6.95. The first-order valence-corrected chi connectivity index (χ1v) is 11.5. The lowest BCUT2D eigenvalue weighted by Gasteiger charge is -2.17. The van der Waals surface area contributed by atoms with Crippen LogP contribution in [0.15, 0.2) is 84.0 Å². The van der Waals surface area contributed by atoms with E-state index in [4.69, 9.17) is 4.74 Å². The average molecular weight is 461 g/mol. The zero-order valence-corrected chi connectivity index (χ0v) is 19.2. The van der Waals surface area contributed by atoms with Gasteiger partial charge in [0.15, 0.2) is 0 Å². The maximum atomic E-state index is 13.0. The molecule has 2 heterocycles. The molecular weight excluding hydrogens is 436 g/mol. The van der Waals surface area contributed by atoms with Gasteiger partial charge in [0.05, 0.1) is 17.9 Å². The molecule has 4 aromatic rings. The second-order valence-electron chi connectivity index (χ2n) is 7.24. The predicted octanol–water partition coefficient (Wildman–Crippen LogP) is 5.47. The molecule has 0 saturated heterocycles. The van der Waals surface area contributed by atoms with Crippen LogP contribution in [0, 0.1) is 0 Å². The van der Waals surface area contributed by atoms with Crippen LogP contribution < -0.4 is 10.2 Å². The fourth-order valence-corrected chi connectivity index (χ4v) is 4.21. The largest absolute Gasteiger partial charge is 0.449 e. The first-order valence-electron chi connectivity index (χ1n) is 10.5. The van der Waals surface area contributed by atoms with Gasteiger partial charge in [0.25, 0.3) is 5.91 Å². The summed E-state index contributed by atoms with van der Waals surface area (Å²) in [6.45, 7) is 2.07. The van der Waals surface area contributed by atoms with Crippen LogP contribution in [0.3, 0.4) is 0 Å². The number of pyridine rings is 1. The van der Waals surface area contributed by atoms with Crippen LogP contribution >= 0.6 is 11.8 Å². The topological polar surface area (TPSA) is 75.9 Å². The summed E-state index contributed by atoms with van der Waals surface area (Å²) in [6.07, 6.45) is 3.54. The minimum atomic E-state index is -0.425. The molecular formula is C25H24N4O3S. The Morgan fingerprint density at radius 2 is 1.82 bits per heavy atom. The molecule has 1 N–H and O–H groups in total. The van der Waals surface area contributed by atoms with Crippen molar-refractivity contribution < 1.29 is 14.3 Å². The third-order valence-electron chi connectivity index (χ3n) is 4.98. The summed E-state index contributed by atoms with van der Waals surface area (Å²) in [7, 11) is 1.64. The van der Waals surface area contributed by atoms with Crippen LogP contribution in [0.25, 0.3) is 5.65 Å². The van der Waals surface area contributed by atoms with Crippen LogP contribution in [0.5, 0.6) is 0 Å². The van der Waals surface area contributed by atoms with Crippen molar-refractivity contribution in [2.75, 3.05) is 23.9 Å². The summed E-state index contributed by atoms with van der Waals surface area (Å²) in [6, 6.07) is 20.4. The minimum Gasteiger partial charge on any atom is -0.449 e. The van der Waals surface area contributed by atoms with Gasteiger partial charge in [0.1, 0.15) is 5.65 Å². The molecule has 0 aliphatic heterocycles. The normalized spacial score (nSPS) is 10.7. The van der Waals surface area contributed by atoms with Gasteiger partial charge in [-0.15, -0.1) is 11.8 Å². The highest BCUT2D eigenvalue weighted by molar-refractivity contribution is 7.98. The van der Waals surface area contributed by atoms with Crippen molar-refractivity contribution in [1.29, 1.82) is 0 Å². The Hall–Kier alpha value is -3.78. The number of rotatable bonds is 7. The van der Waals surface area contributed by atoms with E-state index in [-0.39, 0.29) is 5.91 Å². The molecule has 8 heteroatoms. The number of anilines is 2. The summed E-state index contributed by atoms with van der Waals surface area (Å²) >= 11 is 1.57. The molecule has 2 aromatic heterocycles. The zero-order valence-electron chi connectivity index (χ0n) is 18.4. The van der Waals surface area contributed by atoms with Crippen LogP contribution in [-0.2, 0) is 10.5 Å². The van der Waals surface area contributed by atoms with Gasteiger partial charge >= 0.3 is 6.09 Å². The third-order valence-corrected chi connectivity index (χ3v) is 6.08. The lowest BCUT2D eigenvalue weighted by molar-refractivity contribution is 0.102. The van der Waals surface area contributed by atoms with E-state index in [0.29, 0.717) is 29.3 Å². The average Bonchev–Trinajstić information content (AvgIpc) is 3.26. The summed E-state index contributed by atoms with van der Waals surface area (Å²) in [5.74, 6) is 0.459. The van der Waals surface area contributed by atoms with Gasteiger partial charge in [-0.3, -0.25) is 9.69 Å². The molecule has 33 heavy (non-hydrogen) atoms. The number of nitrogens with one attached hydrogen (secondary N) is 1. The Bertz CT molecular complexity index is 1240. The number of aromatic nitrogens is 2. The zero-order chi connectivity index (χ0) is 23.2. The number of thioether (sulfide) groups is 1. The number of benzene rings is 2. The molecule has 4 rings (SSSR count). The number of hydrogen-bond acceptors (Lipinski definition) is 5. The van der Waals surface area contributed by atoms with E-state index in [1.807, 2.05) is 59.3 Å². The van der Waals surface area contributed by atoms with Gasteiger partial charge in [0.2, 0.25) is 0 Å². The molecule has 0 aliphatic rings. The monoisotopic (exact) mass is 460 g/mol. The molecule has 0 bridgehead atoms. The van der Waals surface area contributed by atoms with Gasteiger partial charge < -0.3 is 14.5 Å². The summed E-state index contributed by atoms with van der Waals surface area (Å²) in [5, 5.41) is 2.93. The van der Waals surface area contributed by atoms with Gasteiger partial charge in [0, 0.05) is 41.5 Å². The van der Waals surface area contributed by atoms with Crippen molar-refractivity contribution in [1.82, 2.24) is 9.38 Å². The van der Waals surface area contributed by atoms with Gasteiger partial charge in [-0.05, 0) is 55.5 Å². The van der Waals surface area contributed by atoms with Crippen LogP contribution in [0.4, 0.5) is 16.2 Å². The maximum Gasteiger partial charge on any atom is 0.413 e. The molecule has 7 nitrogen and oxygen atoms in total. The second kappa shape index (κ2) is 10.2. The molecule has 0 atom stereocenters. The van der Waals surface area contributed by atoms with E-state index in [0.717, 1.165) is 16.2 Å². The highest BCUT2D eigenvalue weighted by atomic mass is 32.2. The first kappa shape index (κ1) is 22.4. The Labute approximate surface area is 196 Å². The van der Waals surface area contributed by atoms with E-state index in [9.17, 15) is 9.59 Å². The molecule has 0 radical (unpaired) electrons. The van der Waals surface area contributed by atoms with E-state index in [1.54, 1.807) is 50.0 Å². The quantitative estimate of drug-likeness (QED) is 0.370. The third kappa shape index (κ3) is 5.35. The number of nitrogens with zero attached hydrogens (tertiary/aromatic N) is 3. The molecule has 168 valence electrons. The van der Waals surface area contributed by atoms with Crippen LogP contribution in [0.2, 0.25) is 0 Å². The molecule has 2 aromatic carbocycles. The van der Waals surface area contributed by atoms with Gasteiger partial charge in [-0.1, -0.05) is 18.2 Å². The summed E-state index contributed by atoms with van der Waals surface area (Å²) in [5.41, 5.74) is 3.76. The number of ether oxygens (including phenoxy) is 1. The van der Waals surface area contributed by atoms with Gasteiger partial charge in [-0.2, -0.15) is 0 Å². The van der Waals surface area contributed by atoms with Crippen molar-refractivity contribution in [3.8, 4) is 0 Å². The highest BCUT2D eigenvalue weighted by Gasteiger charge is 2.14. The Balaban J connectivity index is 1.43. The van der Waals surface area contributed by atoms with Crippen molar-refractivity contribution >= 4 is 40.8 Å². The predicted molar refractivity (Wildman–Crippen MR) is 131 cm³/mol. The molecule has 2 amide bonds. The summed E-state index contributed by atoms with van der Waals surface area (Å²) in [4.78, 5) is 31.8. The fourth-order valence-electron chi connectivity index (χ4n) is 3.28. The number of carbonyl (C=O) groups excluding carboxylic acids is 2. The number of carbonyl (C=O) groups is 2. The molecule has 0 saturated carbocycles. The molecule has 0 aliphatic carbocycles. The van der Waals surface area contributed by atoms with Gasteiger partial charge in [-0.25, -0.2) is 9.78 Å². The number of amides is 2. The van der Waals surface area contributed by atoms with Crippen molar-refractivity contribution in [2.24, 2.45) is 0 Å². The summed E-state index contributed by atoms with van der Waals surface area (Å²) < 4.78 is 6.99. The second-order valence-corrected chi connectivity index (χ2v) is 8.26. The van der Waals surface area contributed by atoms with E-state index < -0.39 is 6.09 Å². The smallest absolute Gasteiger partial charge is 0.413 e. The van der Waals surface area contributed by atoms with Crippen molar-refractivity contribution in [3.05, 3.63) is 90.4 Å². The lowest BCUT2D eigenvalue weighted by Crippen LogP contribution is -2.26. The SMILES string of the molecule is CCOC(=O)N(C)c1ccc(NC(=O)c2ccccc2SCc2cn3ccccc3n2)cc1. The number of fused-ring (bicyclic) bond motifs is 1. The van der Waals surface area contributed by atoms with Crippen LogP contribution in [0.1, 0.15) is 23.0 Å². The standard InChI is InChI=1S/C25H24N4O3S/c1-3-32-25(31)28(2)20-13-11-18(12-14-20)27-24(30)21-8-4-5-9-22(21)33-17-19-16-29-15-7-6-10-23(29)26-19/h4-16H,3,17H2,1-2H3,(H,27,30). The van der Waals surface area contributed by atoms with E-state index in [2.05, 4.69) is 10.3 Å². The maximum absolute atomic E-state index is 13.0. The molecule has 0 fully saturated rings. The Morgan fingerprint density at radius 1 is 1.06 bits per heavy atom. The number of hydrogen-bond donors (Lipinski definition) is 1. The number of imidazole rings is 1. The van der Waals surface area contributed by atoms with Crippen molar-refractivity contribution in [3.63, 3.8) is 0 Å². The van der Waals surface area contributed by atoms with E-state index >= 15 is 0 Å². The van der Waals surface area contributed by atoms with Crippen molar-refractivity contribution in [2.45, 2.75) is 17.6 Å².